The Morgan fingerprint density at radius 2 is 1.32 bits per heavy atom. The zero-order valence-electron chi connectivity index (χ0n) is 18.4. The molecule has 0 spiro atoms. The van der Waals surface area contributed by atoms with E-state index in [-0.39, 0.29) is 12.2 Å². The van der Waals surface area contributed by atoms with Crippen LogP contribution in [0.1, 0.15) is 11.6 Å². The van der Waals surface area contributed by atoms with Crippen molar-refractivity contribution in [1.82, 2.24) is 5.32 Å². The lowest BCUT2D eigenvalue weighted by atomic mass is 9.94. The highest BCUT2D eigenvalue weighted by Gasteiger charge is 2.40. The Morgan fingerprint density at radius 1 is 0.618 bits per heavy atom. The average molecular weight is 436 g/mol. The van der Waals surface area contributed by atoms with Crippen molar-refractivity contribution in [2.24, 2.45) is 4.99 Å². The second kappa shape index (κ2) is 6.58. The van der Waals surface area contributed by atoms with Gasteiger partial charge in [0.2, 0.25) is 0 Å². The number of fused-ring (bicyclic) bond motifs is 6. The second-order valence-electron chi connectivity index (χ2n) is 9.25. The molecule has 160 valence electrons. The molecule has 0 saturated heterocycles. The number of benzene rings is 5. The quantitative estimate of drug-likeness (QED) is 0.309. The molecule has 34 heavy (non-hydrogen) atoms. The maximum absolute atomic E-state index is 4.73. The zero-order valence-corrected chi connectivity index (χ0v) is 18.4. The molecule has 3 aliphatic rings. The lowest BCUT2D eigenvalue weighted by Crippen LogP contribution is -2.28. The number of para-hydroxylation sites is 1. The molecule has 0 saturated carbocycles. The molecule has 2 unspecified atom stereocenters. The monoisotopic (exact) mass is 435 g/mol. The van der Waals surface area contributed by atoms with Gasteiger partial charge in [0.05, 0.1) is 12.4 Å². The van der Waals surface area contributed by atoms with Crippen LogP contribution in [0.5, 0.6) is 0 Å². The molecule has 1 aliphatic carbocycles. The third-order valence-corrected chi connectivity index (χ3v) is 7.58. The fraction of sp³-hybridized carbons (Fsp3) is 0.0645. The highest BCUT2D eigenvalue weighted by Crippen LogP contribution is 2.50. The van der Waals surface area contributed by atoms with Crippen LogP contribution in [-0.2, 0) is 0 Å². The third-order valence-electron chi connectivity index (χ3n) is 7.58. The summed E-state index contributed by atoms with van der Waals surface area (Å²) in [6, 6.07) is 37.8. The SMILES string of the molecule is C1=NC2C(N1)c1ccccc1N2c1ccc(-c2ccc3c4c(cccc24)-c2ccccc2-3)cc1. The summed E-state index contributed by atoms with van der Waals surface area (Å²) in [5.41, 5.74) is 11.6. The Bertz CT molecular complexity index is 1620. The maximum Gasteiger partial charge on any atom is 0.151 e. The normalized spacial score (nSPS) is 18.6. The van der Waals surface area contributed by atoms with Crippen molar-refractivity contribution in [1.29, 1.82) is 0 Å². The van der Waals surface area contributed by atoms with Crippen molar-refractivity contribution < 1.29 is 0 Å². The lowest BCUT2D eigenvalue weighted by molar-refractivity contribution is 0.595. The fourth-order valence-electron chi connectivity index (χ4n) is 6.10. The third kappa shape index (κ3) is 2.28. The number of anilines is 2. The Labute approximate surface area is 198 Å². The summed E-state index contributed by atoms with van der Waals surface area (Å²) in [5.74, 6) is 0. The van der Waals surface area contributed by atoms with Crippen molar-refractivity contribution in [3.8, 4) is 33.4 Å². The molecule has 8 rings (SSSR count). The van der Waals surface area contributed by atoms with Crippen LogP contribution in [0.4, 0.5) is 11.4 Å². The molecular weight excluding hydrogens is 414 g/mol. The van der Waals surface area contributed by atoms with E-state index in [4.69, 9.17) is 4.99 Å². The van der Waals surface area contributed by atoms with E-state index in [2.05, 4.69) is 113 Å². The average Bonchev–Trinajstić information content (AvgIpc) is 3.58. The van der Waals surface area contributed by atoms with Crippen molar-refractivity contribution in [3.05, 3.63) is 109 Å². The van der Waals surface area contributed by atoms with E-state index in [1.54, 1.807) is 0 Å². The van der Waals surface area contributed by atoms with E-state index >= 15 is 0 Å². The Balaban J connectivity index is 1.24. The predicted octanol–water partition coefficient (Wildman–Crippen LogP) is 7.30. The molecule has 0 bridgehead atoms. The van der Waals surface area contributed by atoms with Crippen LogP contribution in [0.25, 0.3) is 44.2 Å². The number of aliphatic imine (C=N–C) groups is 1. The molecule has 1 N–H and O–H groups in total. The molecule has 2 atom stereocenters. The van der Waals surface area contributed by atoms with Gasteiger partial charge in [-0.05, 0) is 62.4 Å². The standard InChI is InChI=1S/C31H21N3/c1-2-7-23-22(6-1)25-10-5-9-24-21(16-17-26(23)29(24)25)19-12-14-20(15-13-19)34-28-11-4-3-8-27(28)30-31(34)33-18-32-30/h1-18,30-31H,(H,32,33). The largest absolute Gasteiger partial charge is 0.365 e. The van der Waals surface area contributed by atoms with Crippen LogP contribution in [0, 0.1) is 0 Å². The predicted molar refractivity (Wildman–Crippen MR) is 141 cm³/mol. The Morgan fingerprint density at radius 3 is 2.18 bits per heavy atom. The van der Waals surface area contributed by atoms with E-state index in [1.165, 1.54) is 61.1 Å². The van der Waals surface area contributed by atoms with Crippen LogP contribution in [0.2, 0.25) is 0 Å². The van der Waals surface area contributed by atoms with Gasteiger partial charge in [-0.25, -0.2) is 4.99 Å². The zero-order chi connectivity index (χ0) is 22.2. The summed E-state index contributed by atoms with van der Waals surface area (Å²) in [4.78, 5) is 7.08. The molecule has 0 aromatic heterocycles. The maximum atomic E-state index is 4.73. The molecular formula is C31H21N3. The van der Waals surface area contributed by atoms with E-state index in [1.807, 2.05) is 6.34 Å². The molecule has 5 aromatic carbocycles. The minimum atomic E-state index is 0.0681. The summed E-state index contributed by atoms with van der Waals surface area (Å²) in [7, 11) is 0. The molecule has 0 radical (unpaired) electrons. The molecule has 2 aliphatic heterocycles. The van der Waals surface area contributed by atoms with Crippen LogP contribution < -0.4 is 10.2 Å². The van der Waals surface area contributed by atoms with Crippen molar-refractivity contribution >= 4 is 28.5 Å². The summed E-state index contributed by atoms with van der Waals surface area (Å²) >= 11 is 0. The number of nitrogens with one attached hydrogen (secondary N) is 1. The van der Waals surface area contributed by atoms with Gasteiger partial charge in [-0.3, -0.25) is 0 Å². The minimum absolute atomic E-state index is 0.0681. The van der Waals surface area contributed by atoms with Crippen LogP contribution >= 0.6 is 0 Å². The van der Waals surface area contributed by atoms with Gasteiger partial charge in [0, 0.05) is 16.9 Å². The molecule has 2 heterocycles. The first kappa shape index (κ1) is 18.1. The number of nitrogens with zero attached hydrogens (tertiary/aromatic N) is 2. The minimum Gasteiger partial charge on any atom is -0.365 e. The number of hydrogen-bond donors (Lipinski definition) is 1. The van der Waals surface area contributed by atoms with Crippen LogP contribution in [0.3, 0.4) is 0 Å². The smallest absolute Gasteiger partial charge is 0.151 e. The summed E-state index contributed by atoms with van der Waals surface area (Å²) < 4.78 is 0. The highest BCUT2D eigenvalue weighted by molar-refractivity contribution is 6.18. The van der Waals surface area contributed by atoms with E-state index in [9.17, 15) is 0 Å². The molecule has 3 heteroatoms. The highest BCUT2D eigenvalue weighted by atomic mass is 15.3. The van der Waals surface area contributed by atoms with Gasteiger partial charge in [0.25, 0.3) is 0 Å². The first-order valence-electron chi connectivity index (χ1n) is 11.8. The van der Waals surface area contributed by atoms with Gasteiger partial charge in [0.1, 0.15) is 0 Å². The van der Waals surface area contributed by atoms with Gasteiger partial charge >= 0.3 is 0 Å². The van der Waals surface area contributed by atoms with E-state index in [0.29, 0.717) is 0 Å². The van der Waals surface area contributed by atoms with Crippen LogP contribution in [0.15, 0.2) is 108 Å². The second-order valence-corrected chi connectivity index (χ2v) is 9.25. The van der Waals surface area contributed by atoms with Gasteiger partial charge in [-0.2, -0.15) is 0 Å². The first-order valence-corrected chi connectivity index (χ1v) is 11.8. The topological polar surface area (TPSA) is 27.6 Å². The molecule has 0 amide bonds. The summed E-state index contributed by atoms with van der Waals surface area (Å²) in [6.07, 6.45) is 1.91. The van der Waals surface area contributed by atoms with Gasteiger partial charge in [-0.15, -0.1) is 0 Å². The van der Waals surface area contributed by atoms with Crippen molar-refractivity contribution in [2.45, 2.75) is 12.2 Å². The fourth-order valence-corrected chi connectivity index (χ4v) is 6.10. The van der Waals surface area contributed by atoms with Gasteiger partial charge in [-0.1, -0.05) is 84.9 Å². The molecule has 0 fully saturated rings. The van der Waals surface area contributed by atoms with E-state index in [0.717, 1.165) is 0 Å². The number of hydrogen-bond acceptors (Lipinski definition) is 3. The summed E-state index contributed by atoms with van der Waals surface area (Å²) in [5, 5.41) is 6.11. The van der Waals surface area contributed by atoms with Gasteiger partial charge in [0.15, 0.2) is 6.17 Å². The Hall–Kier alpha value is -4.37. The molecule has 3 nitrogen and oxygen atoms in total. The van der Waals surface area contributed by atoms with Gasteiger partial charge < -0.3 is 10.2 Å². The first-order chi connectivity index (χ1) is 16.9. The summed E-state index contributed by atoms with van der Waals surface area (Å²) in [6.45, 7) is 0. The van der Waals surface area contributed by atoms with Crippen molar-refractivity contribution in [3.63, 3.8) is 0 Å². The van der Waals surface area contributed by atoms with Crippen LogP contribution in [-0.4, -0.2) is 12.5 Å². The molecule has 5 aromatic rings. The lowest BCUT2D eigenvalue weighted by Gasteiger charge is -2.25. The Kier molecular flexibility index (Phi) is 3.50. The number of rotatable bonds is 2. The van der Waals surface area contributed by atoms with Crippen molar-refractivity contribution in [2.75, 3.05) is 4.90 Å². The van der Waals surface area contributed by atoms with E-state index < -0.39 is 0 Å².